The van der Waals surface area contributed by atoms with Crippen molar-refractivity contribution in [3.63, 3.8) is 0 Å². The molecule has 0 bridgehead atoms. The van der Waals surface area contributed by atoms with E-state index in [9.17, 15) is 20.2 Å². The molecule has 1 aromatic carbocycles. The first-order valence-electron chi connectivity index (χ1n) is 6.13. The zero-order valence-corrected chi connectivity index (χ0v) is 11.2. The summed E-state index contributed by atoms with van der Waals surface area (Å²) in [5.74, 6) is -1.46. The lowest BCUT2D eigenvalue weighted by Crippen LogP contribution is -2.13. The number of carbonyl (C=O) groups excluding carboxylic acids is 1. The Kier molecular flexibility index (Phi) is 4.05. The highest BCUT2D eigenvalue weighted by Gasteiger charge is 2.24. The summed E-state index contributed by atoms with van der Waals surface area (Å²) >= 11 is 0. The second-order valence-corrected chi connectivity index (χ2v) is 4.46. The molecule has 0 fully saturated rings. The fourth-order valence-electron chi connectivity index (χ4n) is 1.98. The lowest BCUT2D eigenvalue weighted by atomic mass is 9.90. The molecule has 0 radical (unpaired) electrons. The zero-order chi connectivity index (χ0) is 15.4. The third kappa shape index (κ3) is 2.92. The minimum absolute atomic E-state index is 0.171. The Balaban J connectivity index is 2.46. The van der Waals surface area contributed by atoms with E-state index in [1.54, 1.807) is 19.1 Å². The van der Waals surface area contributed by atoms with Crippen molar-refractivity contribution in [1.29, 1.82) is 5.26 Å². The van der Waals surface area contributed by atoms with Crippen LogP contribution in [0.15, 0.2) is 42.7 Å². The van der Waals surface area contributed by atoms with E-state index in [1.165, 1.54) is 30.6 Å². The van der Waals surface area contributed by atoms with Crippen LogP contribution in [-0.4, -0.2) is 15.7 Å². The summed E-state index contributed by atoms with van der Waals surface area (Å²) in [6, 6.07) is 9.16. The molecule has 2 aromatic rings. The van der Waals surface area contributed by atoms with Crippen LogP contribution in [0, 0.1) is 28.4 Å². The smallest absolute Gasteiger partial charge is 0.270 e. The summed E-state index contributed by atoms with van der Waals surface area (Å²) in [5, 5.41) is 20.1. The van der Waals surface area contributed by atoms with Gasteiger partial charge in [0, 0.05) is 30.1 Å². The molecule has 21 heavy (non-hydrogen) atoms. The Morgan fingerprint density at radius 2 is 2.00 bits per heavy atom. The summed E-state index contributed by atoms with van der Waals surface area (Å²) in [4.78, 5) is 26.6. The molecule has 0 saturated carbocycles. The standard InChI is InChI=1S/C15H11N3O3/c1-10-2-3-12(18(20)21)8-13(10)15(19)14(9-16)11-4-6-17-7-5-11/h2-8,14H,1H3. The first-order chi connectivity index (χ1) is 10.0. The quantitative estimate of drug-likeness (QED) is 0.487. The minimum Gasteiger partial charge on any atom is -0.292 e. The number of ketones is 1. The average molecular weight is 281 g/mol. The van der Waals surface area contributed by atoms with Crippen molar-refractivity contribution in [2.75, 3.05) is 0 Å². The second kappa shape index (κ2) is 5.92. The number of nitrogens with zero attached hydrogens (tertiary/aromatic N) is 3. The number of aryl methyl sites for hydroxylation is 1. The molecule has 1 aromatic heterocycles. The van der Waals surface area contributed by atoms with Gasteiger partial charge in [-0.2, -0.15) is 5.26 Å². The SMILES string of the molecule is Cc1ccc([N+](=O)[O-])cc1C(=O)C(C#N)c1ccncc1. The lowest BCUT2D eigenvalue weighted by molar-refractivity contribution is -0.384. The highest BCUT2D eigenvalue weighted by molar-refractivity contribution is 6.04. The number of nitro benzene ring substituents is 1. The highest BCUT2D eigenvalue weighted by Crippen LogP contribution is 2.24. The first kappa shape index (κ1) is 14.3. The van der Waals surface area contributed by atoms with Crippen molar-refractivity contribution >= 4 is 11.5 Å². The van der Waals surface area contributed by atoms with Crippen LogP contribution < -0.4 is 0 Å². The van der Waals surface area contributed by atoms with Crippen LogP contribution in [0.5, 0.6) is 0 Å². The summed E-state index contributed by atoms with van der Waals surface area (Å²) in [5.41, 5.74) is 1.13. The molecule has 0 spiro atoms. The van der Waals surface area contributed by atoms with Gasteiger partial charge in [0.1, 0.15) is 5.92 Å². The number of carbonyl (C=O) groups is 1. The topological polar surface area (TPSA) is 96.9 Å². The van der Waals surface area contributed by atoms with Crippen LogP contribution in [0.2, 0.25) is 0 Å². The maximum absolute atomic E-state index is 12.5. The predicted octanol–water partition coefficient (Wildman–Crippen LogP) is 2.79. The number of rotatable bonds is 4. The van der Waals surface area contributed by atoms with Crippen molar-refractivity contribution in [3.05, 3.63) is 69.5 Å². The van der Waals surface area contributed by atoms with Crippen LogP contribution in [0.25, 0.3) is 0 Å². The number of aromatic nitrogens is 1. The van der Waals surface area contributed by atoms with Crippen LogP contribution in [-0.2, 0) is 0 Å². The minimum atomic E-state index is -1.01. The van der Waals surface area contributed by atoms with E-state index >= 15 is 0 Å². The molecular weight excluding hydrogens is 270 g/mol. The van der Waals surface area contributed by atoms with Gasteiger partial charge in [-0.05, 0) is 30.2 Å². The predicted molar refractivity (Wildman–Crippen MR) is 74.8 cm³/mol. The molecular formula is C15H11N3O3. The van der Waals surface area contributed by atoms with Gasteiger partial charge in [0.2, 0.25) is 0 Å². The number of non-ortho nitro benzene ring substituents is 1. The molecule has 2 rings (SSSR count). The molecule has 0 aliphatic rings. The molecule has 104 valence electrons. The van der Waals surface area contributed by atoms with Crippen molar-refractivity contribution in [2.24, 2.45) is 0 Å². The fourth-order valence-corrected chi connectivity index (χ4v) is 1.98. The molecule has 6 nitrogen and oxygen atoms in total. The normalized spacial score (nSPS) is 11.4. The van der Waals surface area contributed by atoms with Crippen LogP contribution in [0.3, 0.4) is 0 Å². The molecule has 1 atom stereocenters. The van der Waals surface area contributed by atoms with Crippen molar-refractivity contribution in [1.82, 2.24) is 4.98 Å². The second-order valence-electron chi connectivity index (χ2n) is 4.46. The van der Waals surface area contributed by atoms with E-state index in [1.807, 2.05) is 6.07 Å². The summed E-state index contributed by atoms with van der Waals surface area (Å²) < 4.78 is 0. The molecule has 0 aliphatic carbocycles. The molecule has 6 heteroatoms. The van der Waals surface area contributed by atoms with Gasteiger partial charge in [0.05, 0.1) is 11.0 Å². The first-order valence-corrected chi connectivity index (χ1v) is 6.13. The van der Waals surface area contributed by atoms with E-state index < -0.39 is 16.6 Å². The Morgan fingerprint density at radius 1 is 1.33 bits per heavy atom. The molecule has 1 unspecified atom stereocenters. The van der Waals surface area contributed by atoms with E-state index in [-0.39, 0.29) is 11.3 Å². The summed E-state index contributed by atoms with van der Waals surface area (Å²) in [6.45, 7) is 1.68. The number of nitriles is 1. The monoisotopic (exact) mass is 281 g/mol. The van der Waals surface area contributed by atoms with Gasteiger partial charge < -0.3 is 0 Å². The number of hydrogen-bond donors (Lipinski definition) is 0. The van der Waals surface area contributed by atoms with Crippen LogP contribution in [0.1, 0.15) is 27.4 Å². The van der Waals surface area contributed by atoms with E-state index in [2.05, 4.69) is 4.98 Å². The number of nitro groups is 1. The number of Topliss-reactive ketones (excluding diaryl/α,β-unsaturated/α-hetero) is 1. The number of pyridine rings is 1. The van der Waals surface area contributed by atoms with Crippen molar-refractivity contribution < 1.29 is 9.72 Å². The zero-order valence-electron chi connectivity index (χ0n) is 11.2. The van der Waals surface area contributed by atoms with Gasteiger partial charge in [-0.25, -0.2) is 0 Å². The Morgan fingerprint density at radius 3 is 2.57 bits per heavy atom. The van der Waals surface area contributed by atoms with Gasteiger partial charge in [-0.1, -0.05) is 6.07 Å². The Hall–Kier alpha value is -3.07. The lowest BCUT2D eigenvalue weighted by Gasteiger charge is -2.10. The maximum Gasteiger partial charge on any atom is 0.270 e. The van der Waals surface area contributed by atoms with Crippen molar-refractivity contribution in [2.45, 2.75) is 12.8 Å². The third-order valence-electron chi connectivity index (χ3n) is 3.13. The largest absolute Gasteiger partial charge is 0.292 e. The Labute approximate surface area is 120 Å². The van der Waals surface area contributed by atoms with E-state index in [0.717, 1.165) is 0 Å². The molecule has 1 heterocycles. The fraction of sp³-hybridized carbons (Fsp3) is 0.133. The van der Waals surface area contributed by atoms with Gasteiger partial charge in [0.25, 0.3) is 5.69 Å². The molecule has 0 saturated heterocycles. The van der Waals surface area contributed by atoms with Crippen molar-refractivity contribution in [3.8, 4) is 6.07 Å². The number of benzene rings is 1. The third-order valence-corrected chi connectivity index (χ3v) is 3.13. The van der Waals surface area contributed by atoms with E-state index in [4.69, 9.17) is 0 Å². The maximum atomic E-state index is 12.5. The number of hydrogen-bond acceptors (Lipinski definition) is 5. The molecule has 0 aliphatic heterocycles. The Bertz CT molecular complexity index is 736. The van der Waals surface area contributed by atoms with E-state index in [0.29, 0.717) is 11.1 Å². The highest BCUT2D eigenvalue weighted by atomic mass is 16.6. The summed E-state index contributed by atoms with van der Waals surface area (Å²) in [7, 11) is 0. The summed E-state index contributed by atoms with van der Waals surface area (Å²) in [6.07, 6.45) is 2.99. The van der Waals surface area contributed by atoms with Crippen LogP contribution in [0.4, 0.5) is 5.69 Å². The van der Waals surface area contributed by atoms with Gasteiger partial charge in [-0.15, -0.1) is 0 Å². The van der Waals surface area contributed by atoms with Crippen LogP contribution >= 0.6 is 0 Å². The average Bonchev–Trinajstić information content (AvgIpc) is 2.49. The van der Waals surface area contributed by atoms with Gasteiger partial charge in [0.15, 0.2) is 5.78 Å². The van der Waals surface area contributed by atoms with Gasteiger partial charge >= 0.3 is 0 Å². The molecule has 0 amide bonds. The molecule has 0 N–H and O–H groups in total. The van der Waals surface area contributed by atoms with Gasteiger partial charge in [-0.3, -0.25) is 19.9 Å².